The van der Waals surface area contributed by atoms with Gasteiger partial charge < -0.3 is 4.90 Å². The second kappa shape index (κ2) is 4.41. The van der Waals surface area contributed by atoms with Crippen LogP contribution < -0.4 is 0 Å². The standard InChI is InChI=1S/C13H13ClN2S/c1-16-7-9(8-16)13-15-6-12(17-13)10-4-2-3-5-11(10)14/h2-6,9H,7-8H2,1H3. The van der Waals surface area contributed by atoms with Crippen LogP contribution in [-0.4, -0.2) is 30.0 Å². The van der Waals surface area contributed by atoms with Crippen molar-refractivity contribution in [2.45, 2.75) is 5.92 Å². The number of hydrogen-bond donors (Lipinski definition) is 0. The molecule has 0 spiro atoms. The van der Waals surface area contributed by atoms with E-state index in [9.17, 15) is 0 Å². The molecule has 0 radical (unpaired) electrons. The molecule has 2 nitrogen and oxygen atoms in total. The fraction of sp³-hybridized carbons (Fsp3) is 0.308. The van der Waals surface area contributed by atoms with Crippen LogP contribution in [0.25, 0.3) is 10.4 Å². The molecule has 0 saturated carbocycles. The van der Waals surface area contributed by atoms with E-state index < -0.39 is 0 Å². The fourth-order valence-corrected chi connectivity index (χ4v) is 3.45. The number of halogens is 1. The highest BCUT2D eigenvalue weighted by molar-refractivity contribution is 7.15. The van der Waals surface area contributed by atoms with Gasteiger partial charge in [0.05, 0.1) is 9.88 Å². The number of thiazole rings is 1. The molecule has 1 aliphatic heterocycles. The van der Waals surface area contributed by atoms with Crippen molar-refractivity contribution in [3.63, 3.8) is 0 Å². The van der Waals surface area contributed by atoms with Crippen molar-refractivity contribution in [2.24, 2.45) is 0 Å². The highest BCUT2D eigenvalue weighted by Gasteiger charge is 2.27. The van der Waals surface area contributed by atoms with Crippen molar-refractivity contribution in [1.82, 2.24) is 9.88 Å². The number of aromatic nitrogens is 1. The minimum Gasteiger partial charge on any atom is -0.305 e. The smallest absolute Gasteiger partial charge is 0.0987 e. The summed E-state index contributed by atoms with van der Waals surface area (Å²) in [6.07, 6.45) is 1.94. The zero-order valence-corrected chi connectivity index (χ0v) is 11.1. The average molecular weight is 265 g/mol. The molecule has 1 aromatic carbocycles. The topological polar surface area (TPSA) is 16.1 Å². The maximum atomic E-state index is 6.19. The molecule has 3 rings (SSSR count). The Labute approximate surface area is 110 Å². The normalized spacial score (nSPS) is 17.1. The molecule has 1 aliphatic rings. The highest BCUT2D eigenvalue weighted by atomic mass is 35.5. The molecule has 4 heteroatoms. The van der Waals surface area contributed by atoms with E-state index in [2.05, 4.69) is 16.9 Å². The fourth-order valence-electron chi connectivity index (χ4n) is 2.12. The lowest BCUT2D eigenvalue weighted by Crippen LogP contribution is -2.41. The third-order valence-electron chi connectivity index (χ3n) is 3.08. The van der Waals surface area contributed by atoms with E-state index in [0.29, 0.717) is 5.92 Å². The van der Waals surface area contributed by atoms with Crippen LogP contribution in [0.3, 0.4) is 0 Å². The predicted molar refractivity (Wildman–Crippen MR) is 72.8 cm³/mol. The third-order valence-corrected chi connectivity index (χ3v) is 4.60. The van der Waals surface area contributed by atoms with E-state index in [0.717, 1.165) is 23.7 Å². The first-order valence-corrected chi connectivity index (χ1v) is 6.82. The van der Waals surface area contributed by atoms with Gasteiger partial charge in [-0.15, -0.1) is 11.3 Å². The van der Waals surface area contributed by atoms with E-state index in [1.165, 1.54) is 9.88 Å². The summed E-state index contributed by atoms with van der Waals surface area (Å²) in [5.41, 5.74) is 1.09. The van der Waals surface area contributed by atoms with Crippen LogP contribution in [0.4, 0.5) is 0 Å². The van der Waals surface area contributed by atoms with Crippen LogP contribution in [0, 0.1) is 0 Å². The number of hydrogen-bond acceptors (Lipinski definition) is 3. The van der Waals surface area contributed by atoms with Gasteiger partial charge in [-0.1, -0.05) is 29.8 Å². The molecule has 0 N–H and O–H groups in total. The van der Waals surface area contributed by atoms with E-state index in [1.54, 1.807) is 11.3 Å². The van der Waals surface area contributed by atoms with Gasteiger partial charge in [0.25, 0.3) is 0 Å². The average Bonchev–Trinajstić information content (AvgIpc) is 2.74. The Morgan fingerprint density at radius 1 is 1.35 bits per heavy atom. The number of likely N-dealkylation sites (N-methyl/N-ethyl adjacent to an activating group) is 1. The van der Waals surface area contributed by atoms with Gasteiger partial charge in [0.1, 0.15) is 0 Å². The number of rotatable bonds is 2. The summed E-state index contributed by atoms with van der Waals surface area (Å²) < 4.78 is 0. The molecule has 2 heterocycles. The molecule has 0 unspecified atom stereocenters. The van der Waals surface area contributed by atoms with Gasteiger partial charge in [-0.25, -0.2) is 4.98 Å². The third kappa shape index (κ3) is 2.10. The molecule has 0 amide bonds. The van der Waals surface area contributed by atoms with Gasteiger partial charge in [0.15, 0.2) is 0 Å². The second-order valence-electron chi connectivity index (χ2n) is 4.46. The minimum absolute atomic E-state index is 0.612. The van der Waals surface area contributed by atoms with Crippen molar-refractivity contribution in [3.8, 4) is 10.4 Å². The van der Waals surface area contributed by atoms with Crippen LogP contribution in [0.1, 0.15) is 10.9 Å². The van der Waals surface area contributed by atoms with Crippen molar-refractivity contribution < 1.29 is 0 Å². The number of benzene rings is 1. The molecule has 88 valence electrons. The second-order valence-corrected chi connectivity index (χ2v) is 5.93. The van der Waals surface area contributed by atoms with E-state index >= 15 is 0 Å². The lowest BCUT2D eigenvalue weighted by Gasteiger charge is -2.34. The van der Waals surface area contributed by atoms with Gasteiger partial charge >= 0.3 is 0 Å². The van der Waals surface area contributed by atoms with E-state index in [1.807, 2.05) is 30.5 Å². The first-order chi connectivity index (χ1) is 8.24. The quantitative estimate of drug-likeness (QED) is 0.825. The number of nitrogens with zero attached hydrogens (tertiary/aromatic N) is 2. The van der Waals surface area contributed by atoms with Crippen molar-refractivity contribution in [3.05, 3.63) is 40.5 Å². The first-order valence-electron chi connectivity index (χ1n) is 5.63. The molecule has 1 fully saturated rings. The van der Waals surface area contributed by atoms with Gasteiger partial charge in [-0.05, 0) is 13.1 Å². The molecular formula is C13H13ClN2S. The maximum absolute atomic E-state index is 6.19. The molecule has 2 aromatic rings. The summed E-state index contributed by atoms with van der Waals surface area (Å²) in [5.74, 6) is 0.612. The van der Waals surface area contributed by atoms with Gasteiger partial charge in [0, 0.05) is 35.8 Å². The summed E-state index contributed by atoms with van der Waals surface area (Å²) in [4.78, 5) is 8.00. The van der Waals surface area contributed by atoms with Crippen LogP contribution >= 0.6 is 22.9 Å². The van der Waals surface area contributed by atoms with E-state index in [4.69, 9.17) is 11.6 Å². The zero-order chi connectivity index (χ0) is 11.8. The Hall–Kier alpha value is -0.900. The monoisotopic (exact) mass is 264 g/mol. The van der Waals surface area contributed by atoms with Gasteiger partial charge in [0.2, 0.25) is 0 Å². The van der Waals surface area contributed by atoms with Crippen molar-refractivity contribution >= 4 is 22.9 Å². The van der Waals surface area contributed by atoms with Gasteiger partial charge in [-0.2, -0.15) is 0 Å². The Kier molecular flexibility index (Phi) is 2.90. The minimum atomic E-state index is 0.612. The SMILES string of the molecule is CN1CC(c2ncc(-c3ccccc3Cl)s2)C1. The van der Waals surface area contributed by atoms with Crippen LogP contribution in [0.15, 0.2) is 30.5 Å². The zero-order valence-electron chi connectivity index (χ0n) is 9.56. The Bertz CT molecular complexity index is 532. The summed E-state index contributed by atoms with van der Waals surface area (Å²) in [5, 5.41) is 2.03. The van der Waals surface area contributed by atoms with Crippen LogP contribution in [0.2, 0.25) is 5.02 Å². The summed E-state index contributed by atoms with van der Waals surface area (Å²) in [6, 6.07) is 7.94. The first kappa shape index (κ1) is 11.2. The predicted octanol–water partition coefficient (Wildman–Crippen LogP) is 3.49. The summed E-state index contributed by atoms with van der Waals surface area (Å²) in [7, 11) is 2.14. The largest absolute Gasteiger partial charge is 0.305 e. The number of likely N-dealkylation sites (tertiary alicyclic amines) is 1. The van der Waals surface area contributed by atoms with Crippen LogP contribution in [-0.2, 0) is 0 Å². The lowest BCUT2D eigenvalue weighted by atomic mass is 10.0. The lowest BCUT2D eigenvalue weighted by molar-refractivity contribution is 0.189. The summed E-state index contributed by atoms with van der Waals surface area (Å²) >= 11 is 7.95. The van der Waals surface area contributed by atoms with Crippen molar-refractivity contribution in [1.29, 1.82) is 0 Å². The molecule has 1 saturated heterocycles. The molecule has 0 bridgehead atoms. The van der Waals surface area contributed by atoms with E-state index in [-0.39, 0.29) is 0 Å². The molecule has 1 aromatic heterocycles. The van der Waals surface area contributed by atoms with Crippen LogP contribution in [0.5, 0.6) is 0 Å². The highest BCUT2D eigenvalue weighted by Crippen LogP contribution is 2.36. The summed E-state index contributed by atoms with van der Waals surface area (Å²) in [6.45, 7) is 2.24. The Morgan fingerprint density at radius 3 is 2.82 bits per heavy atom. The van der Waals surface area contributed by atoms with Crippen molar-refractivity contribution in [2.75, 3.05) is 20.1 Å². The molecule has 0 aliphatic carbocycles. The molecule has 0 atom stereocenters. The Morgan fingerprint density at radius 2 is 2.12 bits per heavy atom. The molecular weight excluding hydrogens is 252 g/mol. The molecule has 17 heavy (non-hydrogen) atoms. The maximum Gasteiger partial charge on any atom is 0.0987 e. The van der Waals surface area contributed by atoms with Gasteiger partial charge in [-0.3, -0.25) is 0 Å². The Balaban J connectivity index is 1.88.